The van der Waals surface area contributed by atoms with Crippen LogP contribution >= 0.6 is 11.6 Å². The maximum Gasteiger partial charge on any atom is 0.264 e. The fourth-order valence-electron chi connectivity index (χ4n) is 4.44. The molecule has 196 valence electrons. The number of anilines is 1. The van der Waals surface area contributed by atoms with E-state index >= 15 is 0 Å². The van der Waals surface area contributed by atoms with E-state index in [9.17, 15) is 13.2 Å². The van der Waals surface area contributed by atoms with Crippen LogP contribution in [0.3, 0.4) is 0 Å². The van der Waals surface area contributed by atoms with Gasteiger partial charge in [-0.1, -0.05) is 77.3 Å². The second kappa shape index (κ2) is 11.4. The zero-order valence-electron chi connectivity index (χ0n) is 21.9. The number of aryl methyl sites for hydroxylation is 3. The number of carbonyl (C=O) groups is 1. The fraction of sp³-hybridized carbons (Fsp3) is 0.194. The lowest BCUT2D eigenvalue weighted by molar-refractivity contribution is 0.0940. The number of hydrogen-bond donors (Lipinski definition) is 1. The summed E-state index contributed by atoms with van der Waals surface area (Å²) < 4.78 is 29.2. The van der Waals surface area contributed by atoms with Gasteiger partial charge >= 0.3 is 0 Å². The topological polar surface area (TPSA) is 66.5 Å². The van der Waals surface area contributed by atoms with Crippen LogP contribution in [0, 0.1) is 20.8 Å². The smallest absolute Gasteiger partial charge is 0.264 e. The van der Waals surface area contributed by atoms with Gasteiger partial charge in [0.2, 0.25) is 0 Å². The van der Waals surface area contributed by atoms with Crippen LogP contribution in [-0.4, -0.2) is 14.3 Å². The Morgan fingerprint density at radius 1 is 0.868 bits per heavy atom. The van der Waals surface area contributed by atoms with Crippen molar-refractivity contribution in [3.63, 3.8) is 0 Å². The zero-order valence-corrected chi connectivity index (χ0v) is 23.5. The van der Waals surface area contributed by atoms with E-state index in [0.717, 1.165) is 27.8 Å². The summed E-state index contributed by atoms with van der Waals surface area (Å²) in [4.78, 5) is 13.7. The molecule has 0 aliphatic rings. The van der Waals surface area contributed by atoms with E-state index in [1.54, 1.807) is 72.8 Å². The van der Waals surface area contributed by atoms with Crippen molar-refractivity contribution in [2.24, 2.45) is 0 Å². The third-order valence-corrected chi connectivity index (χ3v) is 8.53. The van der Waals surface area contributed by atoms with E-state index in [4.69, 9.17) is 11.6 Å². The molecule has 7 heteroatoms. The van der Waals surface area contributed by atoms with Crippen LogP contribution in [0.4, 0.5) is 5.69 Å². The molecule has 0 radical (unpaired) electrons. The standard InChI is InChI=1S/C31H31ClN2O3S/c1-21-9-16-27(17-10-21)38(36,37)34(20-25-12-14-26(32)15-13-25)30-8-6-5-7-29(30)31(35)33-24(4)28-18-11-22(2)19-23(28)3/h5-19,24H,20H2,1-4H3,(H,33,35)/t24-/m0/s1. The highest BCUT2D eigenvalue weighted by Crippen LogP contribution is 2.30. The van der Waals surface area contributed by atoms with Gasteiger partial charge in [-0.15, -0.1) is 0 Å². The molecule has 4 aromatic rings. The van der Waals surface area contributed by atoms with E-state index in [0.29, 0.717) is 10.7 Å². The highest BCUT2D eigenvalue weighted by Gasteiger charge is 2.29. The van der Waals surface area contributed by atoms with Gasteiger partial charge in [0.25, 0.3) is 15.9 Å². The molecule has 1 amide bonds. The van der Waals surface area contributed by atoms with Gasteiger partial charge in [-0.05, 0) is 80.8 Å². The van der Waals surface area contributed by atoms with E-state index in [1.807, 2.05) is 39.8 Å². The highest BCUT2D eigenvalue weighted by molar-refractivity contribution is 7.92. The summed E-state index contributed by atoms with van der Waals surface area (Å²) in [5, 5.41) is 3.62. The first-order chi connectivity index (χ1) is 18.1. The zero-order chi connectivity index (χ0) is 27.4. The Morgan fingerprint density at radius 2 is 1.50 bits per heavy atom. The minimum atomic E-state index is -4.01. The van der Waals surface area contributed by atoms with Gasteiger partial charge in [0.15, 0.2) is 0 Å². The molecular formula is C31H31ClN2O3S. The third-order valence-electron chi connectivity index (χ3n) is 6.51. The molecule has 38 heavy (non-hydrogen) atoms. The number of sulfonamides is 1. The number of carbonyl (C=O) groups excluding carboxylic acids is 1. The third kappa shape index (κ3) is 6.09. The second-order valence-corrected chi connectivity index (χ2v) is 11.8. The maximum atomic E-state index is 14.0. The monoisotopic (exact) mass is 546 g/mol. The molecule has 0 aliphatic carbocycles. The first-order valence-electron chi connectivity index (χ1n) is 12.4. The van der Waals surface area contributed by atoms with E-state index in [2.05, 4.69) is 11.4 Å². The quantitative estimate of drug-likeness (QED) is 0.255. The summed E-state index contributed by atoms with van der Waals surface area (Å²) in [6.45, 7) is 7.90. The van der Waals surface area contributed by atoms with Crippen molar-refractivity contribution in [1.29, 1.82) is 0 Å². The number of nitrogens with one attached hydrogen (secondary N) is 1. The minimum absolute atomic E-state index is 0.0320. The molecule has 0 saturated carbocycles. The van der Waals surface area contributed by atoms with Gasteiger partial charge in [-0.3, -0.25) is 9.10 Å². The van der Waals surface area contributed by atoms with Crippen molar-refractivity contribution in [2.45, 2.75) is 45.2 Å². The number of rotatable bonds is 8. The van der Waals surface area contributed by atoms with Crippen molar-refractivity contribution in [1.82, 2.24) is 5.32 Å². The largest absolute Gasteiger partial charge is 0.345 e. The lowest BCUT2D eigenvalue weighted by Crippen LogP contribution is -2.34. The normalized spacial score (nSPS) is 12.1. The molecular weight excluding hydrogens is 516 g/mol. The Balaban J connectivity index is 1.75. The summed E-state index contributed by atoms with van der Waals surface area (Å²) in [6.07, 6.45) is 0. The maximum absolute atomic E-state index is 14.0. The fourth-order valence-corrected chi connectivity index (χ4v) is 6.04. The second-order valence-electron chi connectivity index (χ2n) is 9.52. The summed E-state index contributed by atoms with van der Waals surface area (Å²) >= 11 is 6.07. The molecule has 0 heterocycles. The first-order valence-corrected chi connectivity index (χ1v) is 14.2. The minimum Gasteiger partial charge on any atom is -0.345 e. The van der Waals surface area contributed by atoms with Crippen LogP contribution in [0.5, 0.6) is 0 Å². The SMILES string of the molecule is Cc1ccc(S(=O)(=O)N(Cc2ccc(Cl)cc2)c2ccccc2C(=O)N[C@@H](C)c2ccc(C)cc2C)cc1. The van der Waals surface area contributed by atoms with Crippen molar-refractivity contribution in [3.8, 4) is 0 Å². The van der Waals surface area contributed by atoms with Crippen LogP contribution < -0.4 is 9.62 Å². The number of halogens is 1. The lowest BCUT2D eigenvalue weighted by atomic mass is 10.00. The number of para-hydroxylation sites is 1. The molecule has 0 spiro atoms. The molecule has 1 atom stereocenters. The average molecular weight is 547 g/mol. The summed E-state index contributed by atoms with van der Waals surface area (Å²) in [5.41, 5.74) is 5.50. The molecule has 4 rings (SSSR count). The molecule has 4 aromatic carbocycles. The van der Waals surface area contributed by atoms with Gasteiger partial charge < -0.3 is 5.32 Å². The van der Waals surface area contributed by atoms with Crippen LogP contribution in [0.15, 0.2) is 95.9 Å². The molecule has 0 aromatic heterocycles. The van der Waals surface area contributed by atoms with Crippen LogP contribution in [0.2, 0.25) is 5.02 Å². The van der Waals surface area contributed by atoms with Crippen molar-refractivity contribution in [3.05, 3.63) is 129 Å². The van der Waals surface area contributed by atoms with Crippen molar-refractivity contribution >= 4 is 33.2 Å². The van der Waals surface area contributed by atoms with Crippen molar-refractivity contribution in [2.75, 3.05) is 4.31 Å². The summed E-state index contributed by atoms with van der Waals surface area (Å²) in [7, 11) is -4.01. The molecule has 1 N–H and O–H groups in total. The molecule has 0 unspecified atom stereocenters. The van der Waals surface area contributed by atoms with Gasteiger partial charge in [-0.2, -0.15) is 0 Å². The van der Waals surface area contributed by atoms with E-state index < -0.39 is 10.0 Å². The Labute approximate surface area is 230 Å². The Kier molecular flexibility index (Phi) is 8.24. The number of amides is 1. The van der Waals surface area contributed by atoms with Crippen LogP contribution in [-0.2, 0) is 16.6 Å². The molecule has 0 fully saturated rings. The molecule has 0 bridgehead atoms. The van der Waals surface area contributed by atoms with Gasteiger partial charge in [0, 0.05) is 5.02 Å². The lowest BCUT2D eigenvalue weighted by Gasteiger charge is -2.27. The number of hydrogen-bond acceptors (Lipinski definition) is 3. The number of nitrogens with zero attached hydrogens (tertiary/aromatic N) is 1. The Morgan fingerprint density at radius 3 is 2.16 bits per heavy atom. The van der Waals surface area contributed by atoms with E-state index in [-0.39, 0.29) is 29.0 Å². The van der Waals surface area contributed by atoms with Gasteiger partial charge in [0.1, 0.15) is 0 Å². The van der Waals surface area contributed by atoms with Gasteiger partial charge in [0.05, 0.1) is 28.7 Å². The average Bonchev–Trinajstić information content (AvgIpc) is 2.88. The predicted molar refractivity (Wildman–Crippen MR) is 154 cm³/mol. The Bertz CT molecular complexity index is 1550. The van der Waals surface area contributed by atoms with Gasteiger partial charge in [-0.25, -0.2) is 8.42 Å². The summed E-state index contributed by atoms with van der Waals surface area (Å²) in [5.74, 6) is -0.353. The van der Waals surface area contributed by atoms with Crippen molar-refractivity contribution < 1.29 is 13.2 Å². The first kappa shape index (κ1) is 27.4. The molecule has 0 aliphatic heterocycles. The molecule has 0 saturated heterocycles. The Hall–Kier alpha value is -3.61. The van der Waals surface area contributed by atoms with Crippen LogP contribution in [0.25, 0.3) is 0 Å². The summed E-state index contributed by atoms with van der Waals surface area (Å²) in [6, 6.07) is 26.3. The van der Waals surface area contributed by atoms with Crippen LogP contribution in [0.1, 0.15) is 51.1 Å². The molecule has 5 nitrogen and oxygen atoms in total. The highest BCUT2D eigenvalue weighted by atomic mass is 35.5. The van der Waals surface area contributed by atoms with E-state index in [1.165, 1.54) is 4.31 Å². The number of benzene rings is 4. The predicted octanol–water partition coefficient (Wildman–Crippen LogP) is 7.15.